The molecule has 2 aromatic carbocycles. The average Bonchev–Trinajstić information content (AvgIpc) is 2.58. The molecule has 0 unspecified atom stereocenters. The van der Waals surface area contributed by atoms with Gasteiger partial charge in [0.2, 0.25) is 10.0 Å². The van der Waals surface area contributed by atoms with Gasteiger partial charge in [-0.25, -0.2) is 13.1 Å². The first-order chi connectivity index (χ1) is 12.1. The van der Waals surface area contributed by atoms with Crippen LogP contribution < -0.4 is 14.2 Å². The molecule has 0 amide bonds. The second-order valence-corrected chi connectivity index (χ2v) is 8.99. The maximum atomic E-state index is 12.3. The van der Waals surface area contributed by atoms with E-state index >= 15 is 0 Å². The number of methoxy groups -OCH3 is 1. The smallest absolute Gasteiger partial charge is 0.240 e. The third kappa shape index (κ3) is 5.37. The second-order valence-electron chi connectivity index (χ2n) is 6.82. The number of nitrogens with one attached hydrogen (secondary N) is 1. The zero-order valence-corrected chi connectivity index (χ0v) is 16.9. The van der Waals surface area contributed by atoms with Crippen molar-refractivity contribution >= 4 is 21.6 Å². The lowest BCUT2D eigenvalue weighted by molar-refractivity contribution is 0.322. The maximum Gasteiger partial charge on any atom is 0.240 e. The van der Waals surface area contributed by atoms with Crippen LogP contribution in [0.4, 0.5) is 0 Å². The average molecular weight is 398 g/mol. The van der Waals surface area contributed by atoms with Crippen molar-refractivity contribution < 1.29 is 17.9 Å². The van der Waals surface area contributed by atoms with Crippen LogP contribution in [-0.2, 0) is 15.4 Å². The van der Waals surface area contributed by atoms with E-state index in [1.165, 1.54) is 30.9 Å². The monoisotopic (exact) mass is 397 g/mol. The van der Waals surface area contributed by atoms with E-state index in [2.05, 4.69) is 25.5 Å². The minimum atomic E-state index is -3.66. The molecule has 26 heavy (non-hydrogen) atoms. The van der Waals surface area contributed by atoms with Gasteiger partial charge in [-0.3, -0.25) is 0 Å². The molecule has 0 aliphatic rings. The fourth-order valence-electron chi connectivity index (χ4n) is 2.29. The lowest BCUT2D eigenvalue weighted by atomic mass is 9.87. The van der Waals surface area contributed by atoms with Gasteiger partial charge in [-0.2, -0.15) is 0 Å². The number of sulfonamides is 1. The summed E-state index contributed by atoms with van der Waals surface area (Å²) in [5.41, 5.74) is 1.29. The Labute approximate surface area is 160 Å². The van der Waals surface area contributed by atoms with E-state index in [9.17, 15) is 8.42 Å². The summed E-state index contributed by atoms with van der Waals surface area (Å²) >= 11 is 5.98. The molecule has 142 valence electrons. The first kappa shape index (κ1) is 20.6. The molecule has 2 aromatic rings. The van der Waals surface area contributed by atoms with Gasteiger partial charge in [0.15, 0.2) is 0 Å². The third-order valence-electron chi connectivity index (χ3n) is 3.82. The summed E-state index contributed by atoms with van der Waals surface area (Å²) in [7, 11) is -2.19. The van der Waals surface area contributed by atoms with Crippen LogP contribution in [0.15, 0.2) is 47.4 Å². The first-order valence-corrected chi connectivity index (χ1v) is 10.1. The van der Waals surface area contributed by atoms with E-state index in [0.29, 0.717) is 11.5 Å². The van der Waals surface area contributed by atoms with Gasteiger partial charge < -0.3 is 9.47 Å². The highest BCUT2D eigenvalue weighted by molar-refractivity contribution is 7.89. The minimum Gasteiger partial charge on any atom is -0.495 e. The first-order valence-electron chi connectivity index (χ1n) is 8.20. The van der Waals surface area contributed by atoms with Gasteiger partial charge in [0.1, 0.15) is 18.1 Å². The number of halogens is 1. The summed E-state index contributed by atoms with van der Waals surface area (Å²) in [5.74, 6) is 1.12. The largest absolute Gasteiger partial charge is 0.495 e. The van der Waals surface area contributed by atoms with Crippen molar-refractivity contribution in [1.29, 1.82) is 0 Å². The molecule has 1 N–H and O–H groups in total. The van der Waals surface area contributed by atoms with Crippen LogP contribution in [0, 0.1) is 0 Å². The number of benzene rings is 2. The third-order valence-corrected chi connectivity index (χ3v) is 5.57. The van der Waals surface area contributed by atoms with Crippen molar-refractivity contribution in [3.63, 3.8) is 0 Å². The van der Waals surface area contributed by atoms with Crippen molar-refractivity contribution in [3.05, 3.63) is 53.1 Å². The van der Waals surface area contributed by atoms with Crippen molar-refractivity contribution in [2.75, 3.05) is 20.3 Å². The van der Waals surface area contributed by atoms with Crippen LogP contribution in [0.1, 0.15) is 26.3 Å². The van der Waals surface area contributed by atoms with E-state index in [4.69, 9.17) is 21.1 Å². The summed E-state index contributed by atoms with van der Waals surface area (Å²) < 4.78 is 37.7. The molecule has 0 heterocycles. The summed E-state index contributed by atoms with van der Waals surface area (Å²) in [4.78, 5) is 0.0813. The number of hydrogen-bond donors (Lipinski definition) is 1. The van der Waals surface area contributed by atoms with Crippen LogP contribution in [0.5, 0.6) is 11.5 Å². The molecule has 0 fully saturated rings. The molecule has 0 saturated heterocycles. The lowest BCUT2D eigenvalue weighted by Crippen LogP contribution is -2.28. The molecule has 0 bridgehead atoms. The summed E-state index contributed by atoms with van der Waals surface area (Å²) in [6, 6.07) is 12.1. The van der Waals surface area contributed by atoms with Crippen molar-refractivity contribution in [3.8, 4) is 11.5 Å². The molecule has 0 aliphatic carbocycles. The van der Waals surface area contributed by atoms with E-state index in [0.717, 1.165) is 0 Å². The van der Waals surface area contributed by atoms with Crippen LogP contribution in [-0.4, -0.2) is 28.7 Å². The fourth-order valence-corrected chi connectivity index (χ4v) is 3.65. The lowest BCUT2D eigenvalue weighted by Gasteiger charge is -2.19. The Balaban J connectivity index is 1.90. The molecule has 7 heteroatoms. The van der Waals surface area contributed by atoms with E-state index in [1.807, 2.05) is 24.3 Å². The van der Waals surface area contributed by atoms with Gasteiger partial charge in [0.05, 0.1) is 17.0 Å². The standard InChI is InChI=1S/C19H24ClNO4S/c1-19(2,3)14-5-7-15(8-6-14)25-12-11-21-26(22,23)16-9-10-18(24-4)17(20)13-16/h5-10,13,21H,11-12H2,1-4H3. The van der Waals surface area contributed by atoms with E-state index < -0.39 is 10.0 Å². The highest BCUT2D eigenvalue weighted by atomic mass is 35.5. The number of rotatable bonds is 7. The van der Waals surface area contributed by atoms with Gasteiger partial charge in [-0.1, -0.05) is 44.5 Å². The Morgan fingerprint density at radius 1 is 1.08 bits per heavy atom. The molecule has 0 spiro atoms. The zero-order chi connectivity index (χ0) is 19.4. The number of ether oxygens (including phenoxy) is 2. The van der Waals surface area contributed by atoms with Gasteiger partial charge in [0.25, 0.3) is 0 Å². The van der Waals surface area contributed by atoms with Gasteiger partial charge in [-0.05, 0) is 41.3 Å². The van der Waals surface area contributed by atoms with E-state index in [1.54, 1.807) is 0 Å². The molecule has 0 saturated carbocycles. The van der Waals surface area contributed by atoms with E-state index in [-0.39, 0.29) is 28.5 Å². The molecule has 2 rings (SSSR count). The molecule has 0 aliphatic heterocycles. The molecule has 0 aromatic heterocycles. The van der Waals surface area contributed by atoms with Crippen molar-refractivity contribution in [1.82, 2.24) is 4.72 Å². The molecular weight excluding hydrogens is 374 g/mol. The normalized spacial score (nSPS) is 12.0. The Morgan fingerprint density at radius 3 is 2.27 bits per heavy atom. The maximum absolute atomic E-state index is 12.3. The number of hydrogen-bond acceptors (Lipinski definition) is 4. The predicted molar refractivity (Wildman–Crippen MR) is 104 cm³/mol. The summed E-state index contributed by atoms with van der Waals surface area (Å²) in [6.07, 6.45) is 0. The summed E-state index contributed by atoms with van der Waals surface area (Å²) in [6.45, 7) is 6.79. The Kier molecular flexibility index (Phi) is 6.55. The fraction of sp³-hybridized carbons (Fsp3) is 0.368. The van der Waals surface area contributed by atoms with Crippen LogP contribution in [0.25, 0.3) is 0 Å². The SMILES string of the molecule is COc1ccc(S(=O)(=O)NCCOc2ccc(C(C)(C)C)cc2)cc1Cl. The van der Waals surface area contributed by atoms with Crippen LogP contribution in [0.3, 0.4) is 0 Å². The molecule has 0 radical (unpaired) electrons. The Morgan fingerprint density at radius 2 is 1.73 bits per heavy atom. The van der Waals surface area contributed by atoms with Gasteiger partial charge >= 0.3 is 0 Å². The molecular formula is C19H24ClNO4S. The molecule has 0 atom stereocenters. The second kappa shape index (κ2) is 8.29. The predicted octanol–water partition coefficient (Wildman–Crippen LogP) is 4.00. The Bertz CT molecular complexity index is 843. The molecule has 5 nitrogen and oxygen atoms in total. The highest BCUT2D eigenvalue weighted by Crippen LogP contribution is 2.27. The Hall–Kier alpha value is -1.76. The van der Waals surface area contributed by atoms with Gasteiger partial charge in [-0.15, -0.1) is 0 Å². The highest BCUT2D eigenvalue weighted by Gasteiger charge is 2.16. The quantitative estimate of drug-likeness (QED) is 0.717. The zero-order valence-electron chi connectivity index (χ0n) is 15.4. The topological polar surface area (TPSA) is 64.6 Å². The van der Waals surface area contributed by atoms with Gasteiger partial charge in [0, 0.05) is 6.54 Å². The summed E-state index contributed by atoms with van der Waals surface area (Å²) in [5, 5.41) is 0.241. The van der Waals surface area contributed by atoms with Crippen molar-refractivity contribution in [2.24, 2.45) is 0 Å². The minimum absolute atomic E-state index is 0.0772. The van der Waals surface area contributed by atoms with Crippen LogP contribution in [0.2, 0.25) is 5.02 Å². The van der Waals surface area contributed by atoms with Crippen molar-refractivity contribution in [2.45, 2.75) is 31.1 Å². The van der Waals surface area contributed by atoms with Crippen LogP contribution >= 0.6 is 11.6 Å².